The fourth-order valence-corrected chi connectivity index (χ4v) is 6.42. The van der Waals surface area contributed by atoms with Crippen LogP contribution in [0.25, 0.3) is 0 Å². The monoisotopic (exact) mass is 502 g/mol. The van der Waals surface area contributed by atoms with Gasteiger partial charge in [0.1, 0.15) is 17.9 Å². The molecule has 2 aliphatic carbocycles. The molecule has 2 unspecified atom stereocenters. The molecule has 1 aromatic carbocycles. The second-order valence-corrected chi connectivity index (χ2v) is 10.1. The zero-order valence-electron chi connectivity index (χ0n) is 20.3. The highest BCUT2D eigenvalue weighted by atomic mass is 16.6. The quantitative estimate of drug-likeness (QED) is 0.370. The third kappa shape index (κ3) is 3.33. The molecule has 1 saturated heterocycles. The van der Waals surface area contributed by atoms with Crippen molar-refractivity contribution in [2.75, 3.05) is 20.7 Å². The van der Waals surface area contributed by atoms with Crippen molar-refractivity contribution in [2.24, 2.45) is 0 Å². The standard InChI is InChI=1S/C25H30N2O9/c1-12(26-22(31)14(28)11-18(29)30)23(32)35-16-6-7-25(33)17-10-13-4-5-15(34-3)20-19(13)24(25,21(16)36-20)8-9-27(17)2/h4-6,12,14,17,21,28,33H,7-11H2,1-3H3,(H,26,31)(H,29,30)/t12-,14-,17+,21?,24?,25+/m0/s1. The number of ether oxygens (including phenoxy) is 3. The molecule has 2 bridgehead atoms. The molecule has 1 amide bonds. The van der Waals surface area contributed by atoms with Crippen molar-refractivity contribution in [1.82, 2.24) is 10.2 Å². The van der Waals surface area contributed by atoms with E-state index < -0.39 is 53.5 Å². The Morgan fingerprint density at radius 3 is 2.78 bits per heavy atom. The number of piperidine rings is 1. The van der Waals surface area contributed by atoms with Crippen molar-refractivity contribution in [2.45, 2.75) is 67.9 Å². The Morgan fingerprint density at radius 2 is 2.08 bits per heavy atom. The lowest BCUT2D eigenvalue weighted by Gasteiger charge is -2.61. The van der Waals surface area contributed by atoms with E-state index in [-0.39, 0.29) is 18.2 Å². The van der Waals surface area contributed by atoms with Gasteiger partial charge in [-0.05, 0) is 51.1 Å². The first-order chi connectivity index (χ1) is 17.0. The van der Waals surface area contributed by atoms with Crippen LogP contribution in [0.5, 0.6) is 11.5 Å². The molecule has 0 saturated carbocycles. The first-order valence-electron chi connectivity index (χ1n) is 11.9. The molecule has 0 aromatic heterocycles. The highest BCUT2D eigenvalue weighted by Crippen LogP contribution is 2.65. The van der Waals surface area contributed by atoms with E-state index in [1.807, 2.05) is 19.2 Å². The number of nitrogens with zero attached hydrogens (tertiary/aromatic N) is 1. The van der Waals surface area contributed by atoms with Gasteiger partial charge in [-0.25, -0.2) is 4.79 Å². The minimum absolute atomic E-state index is 0.147. The Bertz CT molecular complexity index is 1170. The van der Waals surface area contributed by atoms with Gasteiger partial charge < -0.3 is 39.7 Å². The summed E-state index contributed by atoms with van der Waals surface area (Å²) in [5.41, 5.74) is -0.0177. The number of rotatable bonds is 7. The van der Waals surface area contributed by atoms with Crippen LogP contribution in [0, 0.1) is 0 Å². The van der Waals surface area contributed by atoms with E-state index in [1.165, 1.54) is 6.92 Å². The van der Waals surface area contributed by atoms with Crippen molar-refractivity contribution in [1.29, 1.82) is 0 Å². The van der Waals surface area contributed by atoms with Crippen molar-refractivity contribution in [3.63, 3.8) is 0 Å². The van der Waals surface area contributed by atoms with Crippen LogP contribution in [0.3, 0.4) is 0 Å². The van der Waals surface area contributed by atoms with E-state index in [2.05, 4.69) is 10.2 Å². The molecule has 1 aromatic rings. The highest BCUT2D eigenvalue weighted by molar-refractivity contribution is 5.89. The van der Waals surface area contributed by atoms with Gasteiger partial charge in [-0.3, -0.25) is 9.59 Å². The van der Waals surface area contributed by atoms with Crippen LogP contribution in [0.2, 0.25) is 0 Å². The van der Waals surface area contributed by atoms with E-state index in [4.69, 9.17) is 19.3 Å². The predicted molar refractivity (Wildman–Crippen MR) is 123 cm³/mol. The van der Waals surface area contributed by atoms with Crippen molar-refractivity contribution >= 4 is 17.8 Å². The number of aliphatic carboxylic acids is 1. The van der Waals surface area contributed by atoms with E-state index in [0.717, 1.165) is 17.7 Å². The van der Waals surface area contributed by atoms with Crippen LogP contribution in [-0.2, 0) is 31.0 Å². The molecule has 11 nitrogen and oxygen atoms in total. The number of aliphatic hydroxyl groups is 2. The SMILES string of the molecule is COc1ccc2c3c1OC1C(OC(=O)[C@H](C)NC(=O)[C@@H](O)CC(=O)O)=CC[C@@]4(O)[C@@H](C2)N(C)CCC314. The van der Waals surface area contributed by atoms with E-state index in [1.54, 1.807) is 13.2 Å². The lowest BCUT2D eigenvalue weighted by atomic mass is 9.50. The summed E-state index contributed by atoms with van der Waals surface area (Å²) in [6, 6.07) is 2.54. The number of likely N-dealkylation sites (tertiary alicyclic amines) is 1. The molecule has 2 aliphatic heterocycles. The molecule has 36 heavy (non-hydrogen) atoms. The molecule has 6 atom stereocenters. The average molecular weight is 503 g/mol. The van der Waals surface area contributed by atoms with Crippen molar-refractivity contribution in [3.05, 3.63) is 35.1 Å². The molecule has 2 heterocycles. The molecular formula is C25H30N2O9. The van der Waals surface area contributed by atoms with Crippen LogP contribution in [0.15, 0.2) is 24.0 Å². The molecule has 4 aliphatic rings. The van der Waals surface area contributed by atoms with Gasteiger partial charge in [0.2, 0.25) is 5.91 Å². The van der Waals surface area contributed by atoms with Gasteiger partial charge in [0.25, 0.3) is 0 Å². The lowest BCUT2D eigenvalue weighted by Crippen LogP contribution is -2.74. The molecule has 11 heteroatoms. The third-order valence-corrected chi connectivity index (χ3v) is 8.16. The number of carbonyl (C=O) groups is 3. The highest BCUT2D eigenvalue weighted by Gasteiger charge is 2.72. The van der Waals surface area contributed by atoms with Crippen LogP contribution in [0.1, 0.15) is 37.3 Å². The van der Waals surface area contributed by atoms with Crippen LogP contribution in [0.4, 0.5) is 0 Å². The number of benzene rings is 1. The number of carboxylic acid groups (broad SMARTS) is 1. The molecule has 1 fully saturated rings. The molecule has 194 valence electrons. The molecule has 0 radical (unpaired) electrons. The van der Waals surface area contributed by atoms with Gasteiger partial charge in [0, 0.05) is 18.0 Å². The normalized spacial score (nSPS) is 31.3. The Labute approximate surface area is 207 Å². The summed E-state index contributed by atoms with van der Waals surface area (Å²) in [6.07, 6.45) is -0.199. The maximum Gasteiger partial charge on any atom is 0.333 e. The molecule has 5 rings (SSSR count). The summed E-state index contributed by atoms with van der Waals surface area (Å²) in [4.78, 5) is 37.9. The number of aliphatic hydroxyl groups excluding tert-OH is 1. The number of nitrogens with one attached hydrogen (secondary N) is 1. The maximum atomic E-state index is 12.9. The Balaban J connectivity index is 1.45. The number of carboxylic acids is 1. The summed E-state index contributed by atoms with van der Waals surface area (Å²) in [5, 5.41) is 32.9. The minimum Gasteiger partial charge on any atom is -0.493 e. The average Bonchev–Trinajstić information content (AvgIpc) is 3.18. The van der Waals surface area contributed by atoms with Crippen molar-refractivity contribution < 1.29 is 43.9 Å². The van der Waals surface area contributed by atoms with Gasteiger partial charge >= 0.3 is 11.9 Å². The summed E-state index contributed by atoms with van der Waals surface area (Å²) in [5.74, 6) is -1.81. The summed E-state index contributed by atoms with van der Waals surface area (Å²) < 4.78 is 17.7. The number of hydrogen-bond donors (Lipinski definition) is 4. The minimum atomic E-state index is -1.79. The van der Waals surface area contributed by atoms with E-state index >= 15 is 0 Å². The molecular weight excluding hydrogens is 472 g/mol. The number of amides is 1. The molecule has 4 N–H and O–H groups in total. The fourth-order valence-electron chi connectivity index (χ4n) is 6.42. The first-order valence-corrected chi connectivity index (χ1v) is 11.9. The van der Waals surface area contributed by atoms with Gasteiger partial charge in [0.05, 0.1) is 24.5 Å². The predicted octanol–water partition coefficient (Wildman–Crippen LogP) is -0.144. The Kier molecular flexibility index (Phi) is 5.77. The van der Waals surface area contributed by atoms with Crippen molar-refractivity contribution in [3.8, 4) is 11.5 Å². The zero-order chi connectivity index (χ0) is 26.0. The van der Waals surface area contributed by atoms with Gasteiger partial charge in [0.15, 0.2) is 17.6 Å². The van der Waals surface area contributed by atoms with E-state index in [9.17, 15) is 24.6 Å². The van der Waals surface area contributed by atoms with Gasteiger partial charge in [-0.1, -0.05) is 6.07 Å². The Hall–Kier alpha value is -3.15. The van der Waals surface area contributed by atoms with Crippen LogP contribution < -0.4 is 14.8 Å². The fraction of sp³-hybridized carbons (Fsp3) is 0.560. The van der Waals surface area contributed by atoms with E-state index in [0.29, 0.717) is 24.3 Å². The van der Waals surface area contributed by atoms with Gasteiger partial charge in [-0.15, -0.1) is 0 Å². The second kappa shape index (κ2) is 8.46. The second-order valence-electron chi connectivity index (χ2n) is 10.1. The van der Waals surface area contributed by atoms with Crippen LogP contribution >= 0.6 is 0 Å². The smallest absolute Gasteiger partial charge is 0.333 e. The lowest BCUT2D eigenvalue weighted by molar-refractivity contribution is -0.170. The molecule has 1 spiro atoms. The maximum absolute atomic E-state index is 12.9. The summed E-state index contributed by atoms with van der Waals surface area (Å²) in [6.45, 7) is 2.10. The number of hydrogen-bond acceptors (Lipinski definition) is 9. The topological polar surface area (TPSA) is 155 Å². The third-order valence-electron chi connectivity index (χ3n) is 8.16. The number of likely N-dealkylation sites (N-methyl/N-ethyl adjacent to an activating group) is 1. The largest absolute Gasteiger partial charge is 0.493 e. The van der Waals surface area contributed by atoms with Gasteiger partial charge in [-0.2, -0.15) is 0 Å². The number of methoxy groups -OCH3 is 1. The summed E-state index contributed by atoms with van der Waals surface area (Å²) in [7, 11) is 3.55. The zero-order valence-corrected chi connectivity index (χ0v) is 20.3. The summed E-state index contributed by atoms with van der Waals surface area (Å²) >= 11 is 0. The number of esters is 1. The first kappa shape index (κ1) is 24.5. The Morgan fingerprint density at radius 1 is 1.33 bits per heavy atom. The van der Waals surface area contributed by atoms with Crippen LogP contribution in [-0.4, -0.2) is 88.7 Å². The number of carbonyl (C=O) groups excluding carboxylic acids is 2.